The Balaban J connectivity index is 2.85. The molecule has 2 rings (SSSR count). The number of aryl methyl sites for hydroxylation is 2. The Morgan fingerprint density at radius 3 is 2.69 bits per heavy atom. The first-order valence-electron chi connectivity index (χ1n) is 4.84. The summed E-state index contributed by atoms with van der Waals surface area (Å²) in [6.45, 7) is 3.76. The van der Waals surface area contributed by atoms with Crippen molar-refractivity contribution in [3.05, 3.63) is 29.7 Å². The highest BCUT2D eigenvalue weighted by atomic mass is 32.2. The molecule has 0 atom stereocenters. The Hall–Kier alpha value is -1.40. The fourth-order valence-corrected chi connectivity index (χ4v) is 2.53. The van der Waals surface area contributed by atoms with E-state index in [0.717, 1.165) is 11.4 Å². The van der Waals surface area contributed by atoms with E-state index in [9.17, 15) is 8.42 Å². The summed E-state index contributed by atoms with van der Waals surface area (Å²) >= 11 is 0. The van der Waals surface area contributed by atoms with Gasteiger partial charge in [-0.25, -0.2) is 18.1 Å². The Morgan fingerprint density at radius 2 is 2.06 bits per heavy atom. The van der Waals surface area contributed by atoms with E-state index >= 15 is 0 Å². The first-order chi connectivity index (χ1) is 7.45. The lowest BCUT2D eigenvalue weighted by molar-refractivity contribution is 0.589. The van der Waals surface area contributed by atoms with E-state index in [4.69, 9.17) is 0 Å². The molecule has 0 saturated heterocycles. The van der Waals surface area contributed by atoms with Crippen LogP contribution in [-0.4, -0.2) is 24.9 Å². The van der Waals surface area contributed by atoms with Crippen LogP contribution in [-0.2, 0) is 10.0 Å². The second-order valence-corrected chi connectivity index (χ2v) is 5.48. The molecular formula is C10H13N3O2S. The first-order valence-corrected chi connectivity index (χ1v) is 6.33. The zero-order valence-corrected chi connectivity index (χ0v) is 10.2. The van der Waals surface area contributed by atoms with Crippen molar-refractivity contribution in [2.75, 3.05) is 7.05 Å². The maximum atomic E-state index is 11.7. The molecule has 0 aliphatic rings. The van der Waals surface area contributed by atoms with Gasteiger partial charge in [-0.2, -0.15) is 0 Å². The molecule has 0 aromatic carbocycles. The Labute approximate surface area is 94.2 Å². The van der Waals surface area contributed by atoms with E-state index in [1.165, 1.54) is 7.05 Å². The molecular weight excluding hydrogens is 226 g/mol. The minimum atomic E-state index is -3.45. The lowest BCUT2D eigenvalue weighted by atomic mass is 10.3. The van der Waals surface area contributed by atoms with E-state index in [0.29, 0.717) is 5.65 Å². The van der Waals surface area contributed by atoms with Gasteiger partial charge in [0, 0.05) is 17.6 Å². The van der Waals surface area contributed by atoms with Gasteiger partial charge in [0.25, 0.3) is 0 Å². The van der Waals surface area contributed by atoms with Gasteiger partial charge in [-0.15, -0.1) is 0 Å². The van der Waals surface area contributed by atoms with Gasteiger partial charge in [0.1, 0.15) is 4.90 Å². The van der Waals surface area contributed by atoms with Gasteiger partial charge in [0.15, 0.2) is 5.65 Å². The quantitative estimate of drug-likeness (QED) is 0.845. The average molecular weight is 239 g/mol. The molecule has 0 spiro atoms. The van der Waals surface area contributed by atoms with Gasteiger partial charge < -0.3 is 4.40 Å². The summed E-state index contributed by atoms with van der Waals surface area (Å²) in [6, 6.07) is 3.46. The third kappa shape index (κ3) is 1.60. The molecule has 86 valence electrons. The fraction of sp³-hybridized carbons (Fsp3) is 0.300. The predicted octanol–water partition coefficient (Wildman–Crippen LogP) is 0.859. The number of nitrogens with zero attached hydrogens (tertiary/aromatic N) is 2. The maximum Gasteiger partial charge on any atom is 0.244 e. The Morgan fingerprint density at radius 1 is 1.38 bits per heavy atom. The van der Waals surface area contributed by atoms with Gasteiger partial charge in [0.05, 0.1) is 0 Å². The van der Waals surface area contributed by atoms with Crippen LogP contribution in [0, 0.1) is 13.8 Å². The summed E-state index contributed by atoms with van der Waals surface area (Å²) < 4.78 is 27.5. The van der Waals surface area contributed by atoms with E-state index in [1.54, 1.807) is 16.7 Å². The highest BCUT2D eigenvalue weighted by Gasteiger charge is 2.18. The molecule has 2 aromatic rings. The molecule has 0 saturated carbocycles. The number of sulfonamides is 1. The molecule has 2 heterocycles. The molecule has 0 bridgehead atoms. The molecule has 5 nitrogen and oxygen atoms in total. The van der Waals surface area contributed by atoms with Gasteiger partial charge in [-0.05, 0) is 33.0 Å². The number of nitrogens with one attached hydrogen (secondary N) is 1. The monoisotopic (exact) mass is 239 g/mol. The highest BCUT2D eigenvalue weighted by molar-refractivity contribution is 7.89. The van der Waals surface area contributed by atoms with Gasteiger partial charge in [-0.1, -0.05) is 0 Å². The normalized spacial score (nSPS) is 12.2. The van der Waals surface area contributed by atoms with Crippen LogP contribution < -0.4 is 4.72 Å². The van der Waals surface area contributed by atoms with E-state index < -0.39 is 10.0 Å². The first kappa shape index (κ1) is 11.1. The second-order valence-electron chi connectivity index (χ2n) is 3.62. The zero-order valence-electron chi connectivity index (χ0n) is 9.35. The Kier molecular flexibility index (Phi) is 2.47. The molecule has 2 aromatic heterocycles. The molecule has 0 aliphatic heterocycles. The summed E-state index contributed by atoms with van der Waals surface area (Å²) in [5.41, 5.74) is 2.23. The molecule has 0 amide bonds. The molecule has 0 radical (unpaired) electrons. The van der Waals surface area contributed by atoms with Crippen molar-refractivity contribution in [3.63, 3.8) is 0 Å². The lowest BCUT2D eigenvalue weighted by Gasteiger charge is -2.04. The number of aromatic nitrogens is 2. The number of rotatable bonds is 2. The van der Waals surface area contributed by atoms with Crippen molar-refractivity contribution in [1.29, 1.82) is 0 Å². The summed E-state index contributed by atoms with van der Waals surface area (Å²) in [7, 11) is -2.06. The summed E-state index contributed by atoms with van der Waals surface area (Å²) in [5, 5.41) is 0. The van der Waals surface area contributed by atoms with Crippen LogP contribution in [0.5, 0.6) is 0 Å². The van der Waals surface area contributed by atoms with Crippen LogP contribution >= 0.6 is 0 Å². The largest absolute Gasteiger partial charge is 0.305 e. The van der Waals surface area contributed by atoms with Crippen LogP contribution in [0.25, 0.3) is 5.65 Å². The second kappa shape index (κ2) is 3.57. The van der Waals surface area contributed by atoms with E-state index in [1.807, 2.05) is 19.9 Å². The van der Waals surface area contributed by atoms with Crippen LogP contribution in [0.1, 0.15) is 11.4 Å². The predicted molar refractivity (Wildman–Crippen MR) is 60.9 cm³/mol. The standard InChI is InChI=1S/C10H13N3O2S/c1-7-6-8(2)13-5-4-9(10(13)12-7)16(14,15)11-3/h4-6,11H,1-3H3. The summed E-state index contributed by atoms with van der Waals surface area (Å²) in [5.74, 6) is 0. The molecule has 0 aliphatic carbocycles. The van der Waals surface area contributed by atoms with Gasteiger partial charge >= 0.3 is 0 Å². The van der Waals surface area contributed by atoms with Crippen molar-refractivity contribution in [3.8, 4) is 0 Å². The molecule has 0 fully saturated rings. The maximum absolute atomic E-state index is 11.7. The molecule has 6 heteroatoms. The van der Waals surface area contributed by atoms with Gasteiger partial charge in [-0.3, -0.25) is 0 Å². The molecule has 16 heavy (non-hydrogen) atoms. The van der Waals surface area contributed by atoms with Crippen LogP contribution in [0.2, 0.25) is 0 Å². The van der Waals surface area contributed by atoms with Crippen LogP contribution in [0.4, 0.5) is 0 Å². The molecule has 0 unspecified atom stereocenters. The number of hydrogen-bond acceptors (Lipinski definition) is 3. The van der Waals surface area contributed by atoms with Crippen LogP contribution in [0.15, 0.2) is 23.2 Å². The molecule has 1 N–H and O–H groups in total. The third-order valence-corrected chi connectivity index (χ3v) is 3.90. The average Bonchev–Trinajstić information content (AvgIpc) is 2.62. The van der Waals surface area contributed by atoms with Crippen molar-refractivity contribution in [1.82, 2.24) is 14.1 Å². The summed E-state index contributed by atoms with van der Waals surface area (Å²) in [6.07, 6.45) is 1.71. The van der Waals surface area contributed by atoms with Crippen molar-refractivity contribution in [2.24, 2.45) is 0 Å². The smallest absolute Gasteiger partial charge is 0.244 e. The van der Waals surface area contributed by atoms with E-state index in [-0.39, 0.29) is 4.90 Å². The fourth-order valence-electron chi connectivity index (χ4n) is 1.69. The van der Waals surface area contributed by atoms with Crippen LogP contribution in [0.3, 0.4) is 0 Å². The highest BCUT2D eigenvalue weighted by Crippen LogP contribution is 2.18. The SMILES string of the molecule is CNS(=O)(=O)c1ccn2c(C)cc(C)nc12. The topological polar surface area (TPSA) is 63.5 Å². The van der Waals surface area contributed by atoms with Crippen molar-refractivity contribution in [2.45, 2.75) is 18.7 Å². The Bertz CT molecular complexity index is 643. The van der Waals surface area contributed by atoms with E-state index in [2.05, 4.69) is 9.71 Å². The minimum absolute atomic E-state index is 0.210. The van der Waals surface area contributed by atoms with Gasteiger partial charge in [0.2, 0.25) is 10.0 Å². The number of fused-ring (bicyclic) bond motifs is 1. The minimum Gasteiger partial charge on any atom is -0.305 e. The zero-order chi connectivity index (χ0) is 11.9. The number of hydrogen-bond donors (Lipinski definition) is 1. The third-order valence-electron chi connectivity index (χ3n) is 2.46. The lowest BCUT2D eigenvalue weighted by Crippen LogP contribution is -2.18. The van der Waals surface area contributed by atoms with Crippen molar-refractivity contribution >= 4 is 15.7 Å². The summed E-state index contributed by atoms with van der Waals surface area (Å²) in [4.78, 5) is 4.46. The van der Waals surface area contributed by atoms with Crippen molar-refractivity contribution < 1.29 is 8.42 Å².